The molecule has 1 fully saturated rings. The van der Waals surface area contributed by atoms with E-state index in [1.807, 2.05) is 10.6 Å². The number of nitrogens with one attached hydrogen (secondary N) is 1. The number of halogens is 1. The summed E-state index contributed by atoms with van der Waals surface area (Å²) in [6.45, 7) is 5.06. The smallest absolute Gasteiger partial charge is 0.208 e. The summed E-state index contributed by atoms with van der Waals surface area (Å²) in [5.74, 6) is 0.684. The van der Waals surface area contributed by atoms with Gasteiger partial charge in [-0.3, -0.25) is 9.30 Å². The maximum Gasteiger partial charge on any atom is 0.208 e. The Hall–Kier alpha value is -2.96. The molecule has 0 spiro atoms. The van der Waals surface area contributed by atoms with E-state index in [0.717, 1.165) is 29.6 Å². The topological polar surface area (TPSA) is 69.2 Å². The lowest BCUT2D eigenvalue weighted by Gasteiger charge is -2.24. The Bertz CT molecular complexity index is 1460. The largest absolute Gasteiger partial charge is 0.351 e. The number of hydrogen-bond donors (Lipinski definition) is 1. The lowest BCUT2D eigenvalue weighted by molar-refractivity contribution is 0.276. The number of imidazole rings is 1. The average Bonchev–Trinajstić information content (AvgIpc) is 3.58. The van der Waals surface area contributed by atoms with E-state index in [0.29, 0.717) is 18.2 Å². The van der Waals surface area contributed by atoms with Crippen LogP contribution < -0.4 is 5.32 Å². The minimum absolute atomic E-state index is 0.172. The van der Waals surface area contributed by atoms with E-state index in [2.05, 4.69) is 108 Å². The lowest BCUT2D eigenvalue weighted by Crippen LogP contribution is -2.27. The van der Waals surface area contributed by atoms with Gasteiger partial charge in [-0.15, -0.1) is 0 Å². The van der Waals surface area contributed by atoms with E-state index in [4.69, 9.17) is 4.98 Å². The van der Waals surface area contributed by atoms with Crippen LogP contribution in [0.15, 0.2) is 48.8 Å². The molecule has 0 unspecified atom stereocenters. The number of aryl methyl sites for hydroxylation is 1. The highest BCUT2D eigenvalue weighted by Gasteiger charge is 2.46. The third-order valence-electron chi connectivity index (χ3n) is 7.45. The standard InChI is InChI=1S/C29H31IN6/c1-5-6-23-19(2)7-12-26(30)25(23)17-33-28-32-16-24(27-34-22(15-31)18-36(27)28)20-8-10-21(11-9-20)29(13-14-29)35(3)4/h7-12,16,18H,5-6,13-14,17H2,1-4H3,(H,32,33). The van der Waals surface area contributed by atoms with E-state index in [9.17, 15) is 5.26 Å². The molecule has 4 aromatic rings. The molecular formula is C29H31IN6. The van der Waals surface area contributed by atoms with Crippen molar-refractivity contribution in [2.45, 2.75) is 51.6 Å². The van der Waals surface area contributed by atoms with E-state index < -0.39 is 0 Å². The fourth-order valence-electron chi connectivity index (χ4n) is 5.18. The Labute approximate surface area is 226 Å². The molecule has 1 aliphatic carbocycles. The van der Waals surface area contributed by atoms with Gasteiger partial charge in [0.15, 0.2) is 11.3 Å². The number of benzene rings is 2. The van der Waals surface area contributed by atoms with Crippen LogP contribution in [-0.4, -0.2) is 33.4 Å². The molecule has 0 bridgehead atoms. The van der Waals surface area contributed by atoms with Crippen molar-refractivity contribution in [3.05, 3.63) is 80.3 Å². The number of hydrogen-bond acceptors (Lipinski definition) is 5. The summed E-state index contributed by atoms with van der Waals surface area (Å²) in [5.41, 5.74) is 8.62. The molecule has 36 heavy (non-hydrogen) atoms. The van der Waals surface area contributed by atoms with Gasteiger partial charge in [-0.05, 0) is 96.8 Å². The van der Waals surface area contributed by atoms with Crippen molar-refractivity contribution in [1.29, 1.82) is 5.26 Å². The van der Waals surface area contributed by atoms with Gasteiger partial charge in [-0.1, -0.05) is 43.7 Å². The summed E-state index contributed by atoms with van der Waals surface area (Å²) in [6, 6.07) is 15.3. The number of aromatic nitrogens is 3. The van der Waals surface area contributed by atoms with E-state index >= 15 is 0 Å². The van der Waals surface area contributed by atoms with Crippen LogP contribution in [-0.2, 0) is 18.5 Å². The van der Waals surface area contributed by atoms with E-state index in [-0.39, 0.29) is 5.54 Å². The first-order valence-corrected chi connectivity index (χ1v) is 13.5. The zero-order valence-corrected chi connectivity index (χ0v) is 23.4. The van der Waals surface area contributed by atoms with Crippen LogP contribution >= 0.6 is 22.6 Å². The zero-order valence-electron chi connectivity index (χ0n) is 21.3. The van der Waals surface area contributed by atoms with Crippen LogP contribution in [0, 0.1) is 21.8 Å². The molecule has 0 atom stereocenters. The molecule has 1 N–H and O–H groups in total. The first kappa shape index (κ1) is 24.7. The molecule has 0 saturated heterocycles. The average molecular weight is 591 g/mol. The molecule has 7 heteroatoms. The Morgan fingerprint density at radius 3 is 2.53 bits per heavy atom. The van der Waals surface area contributed by atoms with Gasteiger partial charge in [-0.25, -0.2) is 9.97 Å². The van der Waals surface area contributed by atoms with Crippen molar-refractivity contribution in [2.24, 2.45) is 0 Å². The molecule has 0 aliphatic heterocycles. The number of anilines is 1. The predicted octanol–water partition coefficient (Wildman–Crippen LogP) is 6.30. The van der Waals surface area contributed by atoms with Crippen molar-refractivity contribution in [3.63, 3.8) is 0 Å². The second-order valence-corrected chi connectivity index (χ2v) is 11.0. The van der Waals surface area contributed by atoms with Crippen LogP contribution in [0.3, 0.4) is 0 Å². The minimum atomic E-state index is 0.172. The lowest BCUT2D eigenvalue weighted by atomic mass is 9.98. The Morgan fingerprint density at radius 1 is 1.14 bits per heavy atom. The van der Waals surface area contributed by atoms with Gasteiger partial charge in [-0.2, -0.15) is 5.26 Å². The molecular weight excluding hydrogens is 559 g/mol. The second-order valence-electron chi connectivity index (χ2n) is 9.86. The highest BCUT2D eigenvalue weighted by molar-refractivity contribution is 14.1. The van der Waals surface area contributed by atoms with Gasteiger partial charge >= 0.3 is 0 Å². The van der Waals surface area contributed by atoms with Crippen LogP contribution in [0.2, 0.25) is 0 Å². The van der Waals surface area contributed by atoms with Crippen LogP contribution in [0.5, 0.6) is 0 Å². The van der Waals surface area contributed by atoms with Gasteiger partial charge in [0.05, 0.1) is 6.20 Å². The van der Waals surface area contributed by atoms with E-state index in [1.165, 1.54) is 38.7 Å². The summed E-state index contributed by atoms with van der Waals surface area (Å²) >= 11 is 2.42. The molecule has 1 saturated carbocycles. The fourth-order valence-corrected chi connectivity index (χ4v) is 5.87. The van der Waals surface area contributed by atoms with Crippen molar-refractivity contribution < 1.29 is 0 Å². The quantitative estimate of drug-likeness (QED) is 0.244. The van der Waals surface area contributed by atoms with E-state index in [1.54, 1.807) is 6.20 Å². The minimum Gasteiger partial charge on any atom is -0.351 e. The molecule has 1 aliphatic rings. The highest BCUT2D eigenvalue weighted by atomic mass is 127. The van der Waals surface area contributed by atoms with Crippen molar-refractivity contribution >= 4 is 34.2 Å². The van der Waals surface area contributed by atoms with Gasteiger partial charge in [0, 0.05) is 27.4 Å². The normalized spacial score (nSPS) is 14.2. The molecule has 2 heterocycles. The summed E-state index contributed by atoms with van der Waals surface area (Å²) in [6.07, 6.45) is 8.17. The number of nitriles is 1. The first-order chi connectivity index (χ1) is 17.4. The van der Waals surface area contributed by atoms with Crippen molar-refractivity contribution in [1.82, 2.24) is 19.3 Å². The molecule has 2 aromatic carbocycles. The Kier molecular flexibility index (Phi) is 6.75. The Balaban J connectivity index is 1.49. The van der Waals surface area contributed by atoms with Gasteiger partial charge < -0.3 is 5.32 Å². The zero-order chi connectivity index (χ0) is 25.4. The summed E-state index contributed by atoms with van der Waals surface area (Å²) in [4.78, 5) is 11.7. The SMILES string of the molecule is CCCc1c(C)ccc(I)c1CNc1ncc(-c2ccc(C3(N(C)C)CC3)cc2)c2nc(C#N)cn12. The predicted molar refractivity (Wildman–Crippen MR) is 153 cm³/mol. The molecule has 184 valence electrons. The number of fused-ring (bicyclic) bond motifs is 1. The molecule has 2 aromatic heterocycles. The molecule has 6 nitrogen and oxygen atoms in total. The van der Waals surface area contributed by atoms with Crippen molar-refractivity contribution in [3.8, 4) is 17.2 Å². The molecule has 0 amide bonds. The van der Waals surface area contributed by atoms with Crippen LogP contribution in [0.25, 0.3) is 16.8 Å². The van der Waals surface area contributed by atoms with Crippen LogP contribution in [0.4, 0.5) is 5.95 Å². The molecule has 0 radical (unpaired) electrons. The van der Waals surface area contributed by atoms with Crippen LogP contribution in [0.1, 0.15) is 54.1 Å². The summed E-state index contributed by atoms with van der Waals surface area (Å²) in [7, 11) is 4.30. The second kappa shape index (κ2) is 9.83. The fraction of sp³-hybridized carbons (Fsp3) is 0.345. The third kappa shape index (κ3) is 4.37. The highest BCUT2D eigenvalue weighted by Crippen LogP contribution is 2.49. The van der Waals surface area contributed by atoms with Gasteiger partial charge in [0.2, 0.25) is 5.95 Å². The molecule has 5 rings (SSSR count). The van der Waals surface area contributed by atoms with Gasteiger partial charge in [0.25, 0.3) is 0 Å². The third-order valence-corrected chi connectivity index (χ3v) is 8.46. The maximum absolute atomic E-state index is 9.57. The van der Waals surface area contributed by atoms with Crippen molar-refractivity contribution in [2.75, 3.05) is 19.4 Å². The van der Waals surface area contributed by atoms with Gasteiger partial charge in [0.1, 0.15) is 6.07 Å². The Morgan fingerprint density at radius 2 is 1.89 bits per heavy atom. The first-order valence-electron chi connectivity index (χ1n) is 12.4. The monoisotopic (exact) mass is 590 g/mol. The summed E-state index contributed by atoms with van der Waals surface area (Å²) in [5, 5.41) is 13.1. The summed E-state index contributed by atoms with van der Waals surface area (Å²) < 4.78 is 3.16. The maximum atomic E-state index is 9.57. The number of rotatable bonds is 8. The number of nitrogens with zero attached hydrogens (tertiary/aromatic N) is 5.